The van der Waals surface area contributed by atoms with Crippen LogP contribution in [0, 0.1) is 6.92 Å². The van der Waals surface area contributed by atoms with Gasteiger partial charge in [-0.3, -0.25) is 0 Å². The fraction of sp³-hybridized carbons (Fsp3) is 0.355. The number of para-hydroxylation sites is 1. The lowest BCUT2D eigenvalue weighted by Crippen LogP contribution is -2.43. The molecule has 6 rings (SSSR count). The van der Waals surface area contributed by atoms with Crippen LogP contribution in [-0.4, -0.2) is 34.4 Å². The highest BCUT2D eigenvalue weighted by Crippen LogP contribution is 2.50. The third-order valence-electron chi connectivity index (χ3n) is 7.88. The van der Waals surface area contributed by atoms with Gasteiger partial charge < -0.3 is 24.5 Å². The molecular formula is C31H32N2O5S. The summed E-state index contributed by atoms with van der Waals surface area (Å²) in [5, 5.41) is 13.0. The fourth-order valence-electron chi connectivity index (χ4n) is 6.09. The van der Waals surface area contributed by atoms with Crippen LogP contribution >= 0.6 is 11.3 Å². The standard InChI is InChI=1S/C31H32N2O5S/c1-19-26-29(39-28(19)30(34)35)25(21-12-6-3-7-13-21)27-23-14-8-9-15-24(23)37-18-22(16-33(26)27)32-31(36)38-17-20-10-4-2-5-11-20/h2,4-5,8-11,14-15,21-22H,3,6-7,12-13,16-18H2,1H3,(H,32,36)(H,34,35)/t22-/m1/s1. The van der Waals surface area contributed by atoms with Gasteiger partial charge in [0.2, 0.25) is 0 Å². The quantitative estimate of drug-likeness (QED) is 0.279. The highest BCUT2D eigenvalue weighted by atomic mass is 32.1. The van der Waals surface area contributed by atoms with Gasteiger partial charge in [0, 0.05) is 12.1 Å². The van der Waals surface area contributed by atoms with Gasteiger partial charge >= 0.3 is 12.1 Å². The predicted octanol–water partition coefficient (Wildman–Crippen LogP) is 7.11. The van der Waals surface area contributed by atoms with Crippen molar-refractivity contribution in [1.82, 2.24) is 9.88 Å². The SMILES string of the molecule is Cc1c(C(=O)O)sc2c(C3CCCCC3)c3n(c12)C[C@@H](NC(=O)OCc1ccccc1)COc1ccccc1-3. The topological polar surface area (TPSA) is 89.8 Å². The molecule has 39 heavy (non-hydrogen) atoms. The molecule has 1 amide bonds. The molecule has 1 saturated carbocycles. The Kier molecular flexibility index (Phi) is 7.04. The average Bonchev–Trinajstić information content (AvgIpc) is 3.45. The molecule has 0 saturated heterocycles. The second-order valence-electron chi connectivity index (χ2n) is 10.5. The molecular weight excluding hydrogens is 512 g/mol. The Morgan fingerprint density at radius 3 is 2.59 bits per heavy atom. The van der Waals surface area contributed by atoms with E-state index in [0.29, 0.717) is 17.3 Å². The summed E-state index contributed by atoms with van der Waals surface area (Å²) in [6.45, 7) is 2.80. The van der Waals surface area contributed by atoms with E-state index in [4.69, 9.17) is 9.47 Å². The van der Waals surface area contributed by atoms with Crippen molar-refractivity contribution in [3.8, 4) is 17.0 Å². The van der Waals surface area contributed by atoms with E-state index in [9.17, 15) is 14.7 Å². The first-order valence-electron chi connectivity index (χ1n) is 13.6. The number of alkyl carbamates (subject to hydrolysis) is 1. The van der Waals surface area contributed by atoms with Gasteiger partial charge in [0.1, 0.15) is 23.8 Å². The number of carbonyl (C=O) groups excluding carboxylic acids is 1. The zero-order valence-electron chi connectivity index (χ0n) is 21.9. The van der Waals surface area contributed by atoms with E-state index in [-0.39, 0.29) is 19.3 Å². The maximum atomic E-state index is 12.8. The number of rotatable bonds is 5. The minimum absolute atomic E-state index is 0.180. The number of carboxylic acids is 1. The lowest BCUT2D eigenvalue weighted by atomic mass is 9.83. The largest absolute Gasteiger partial charge is 0.491 e. The van der Waals surface area contributed by atoms with E-state index < -0.39 is 12.1 Å². The highest BCUT2D eigenvalue weighted by molar-refractivity contribution is 7.21. The van der Waals surface area contributed by atoms with Crippen molar-refractivity contribution < 1.29 is 24.2 Å². The zero-order chi connectivity index (χ0) is 26.9. The van der Waals surface area contributed by atoms with Crippen LogP contribution in [0.3, 0.4) is 0 Å². The molecule has 0 spiro atoms. The predicted molar refractivity (Wildman–Crippen MR) is 152 cm³/mol. The van der Waals surface area contributed by atoms with Crippen molar-refractivity contribution in [2.75, 3.05) is 6.61 Å². The number of thiophene rings is 1. The monoisotopic (exact) mass is 544 g/mol. The number of fused-ring (bicyclic) bond motifs is 5. The Labute approximate surface area is 231 Å². The van der Waals surface area contributed by atoms with Crippen molar-refractivity contribution in [3.05, 3.63) is 76.2 Å². The number of nitrogens with one attached hydrogen (secondary N) is 1. The number of carbonyl (C=O) groups is 2. The van der Waals surface area contributed by atoms with Crippen LogP contribution < -0.4 is 10.1 Å². The van der Waals surface area contributed by atoms with E-state index in [0.717, 1.165) is 51.2 Å². The molecule has 1 atom stereocenters. The molecule has 8 heteroatoms. The number of hydrogen-bond donors (Lipinski definition) is 2. The van der Waals surface area contributed by atoms with Gasteiger partial charge in [-0.2, -0.15) is 0 Å². The van der Waals surface area contributed by atoms with E-state index in [2.05, 4.69) is 16.0 Å². The Hall–Kier alpha value is -3.78. The lowest BCUT2D eigenvalue weighted by Gasteiger charge is -2.28. The molecule has 1 fully saturated rings. The molecule has 2 aromatic carbocycles. The molecule has 2 aromatic heterocycles. The second kappa shape index (κ2) is 10.8. The first-order chi connectivity index (χ1) is 19.0. The Bertz CT molecular complexity index is 1520. The number of aromatic carboxylic acids is 1. The number of benzene rings is 2. The van der Waals surface area contributed by atoms with Gasteiger partial charge in [0.05, 0.1) is 22.0 Å². The van der Waals surface area contributed by atoms with Gasteiger partial charge in [-0.1, -0.05) is 61.7 Å². The van der Waals surface area contributed by atoms with Crippen LogP contribution in [0.15, 0.2) is 54.6 Å². The summed E-state index contributed by atoms with van der Waals surface area (Å²) in [5.74, 6) is 0.222. The van der Waals surface area contributed by atoms with Gasteiger partial charge in [0.15, 0.2) is 0 Å². The van der Waals surface area contributed by atoms with E-state index in [1.165, 1.54) is 36.2 Å². The number of aromatic nitrogens is 1. The average molecular weight is 545 g/mol. The number of ether oxygens (including phenoxy) is 2. The molecule has 0 unspecified atom stereocenters. The number of aryl methyl sites for hydroxylation is 1. The minimum atomic E-state index is -0.897. The molecule has 2 aliphatic rings. The van der Waals surface area contributed by atoms with Crippen LogP contribution in [-0.2, 0) is 17.9 Å². The molecule has 1 aliphatic heterocycles. The summed E-state index contributed by atoms with van der Waals surface area (Å²) in [5.41, 5.74) is 5.97. The molecule has 1 aliphatic carbocycles. The zero-order valence-corrected chi connectivity index (χ0v) is 22.8. The van der Waals surface area contributed by atoms with Crippen LogP contribution in [0.5, 0.6) is 5.75 Å². The summed E-state index contributed by atoms with van der Waals surface area (Å²) < 4.78 is 15.1. The minimum Gasteiger partial charge on any atom is -0.491 e. The van der Waals surface area contributed by atoms with Crippen molar-refractivity contribution in [1.29, 1.82) is 0 Å². The van der Waals surface area contributed by atoms with Crippen LogP contribution in [0.1, 0.15) is 64.4 Å². The summed E-state index contributed by atoms with van der Waals surface area (Å²) >= 11 is 1.38. The maximum Gasteiger partial charge on any atom is 0.407 e. The van der Waals surface area contributed by atoms with Gasteiger partial charge in [-0.25, -0.2) is 9.59 Å². The summed E-state index contributed by atoms with van der Waals surface area (Å²) in [6, 6.07) is 17.2. The molecule has 2 N–H and O–H groups in total. The van der Waals surface area contributed by atoms with E-state index in [1.54, 1.807) is 0 Å². The number of carboxylic acid groups (broad SMARTS) is 1. The maximum absolute atomic E-state index is 12.8. The number of hydrogen-bond acceptors (Lipinski definition) is 5. The highest BCUT2D eigenvalue weighted by Gasteiger charge is 2.34. The summed E-state index contributed by atoms with van der Waals surface area (Å²) in [4.78, 5) is 25.4. The third-order valence-corrected chi connectivity index (χ3v) is 9.18. The molecule has 4 aromatic rings. The normalized spacial score (nSPS) is 17.4. The Morgan fingerprint density at radius 2 is 1.82 bits per heavy atom. The molecule has 0 radical (unpaired) electrons. The first-order valence-corrected chi connectivity index (χ1v) is 14.4. The molecule has 7 nitrogen and oxygen atoms in total. The van der Waals surface area contributed by atoms with E-state index in [1.807, 2.05) is 55.5 Å². The first kappa shape index (κ1) is 25.5. The lowest BCUT2D eigenvalue weighted by molar-refractivity contribution is 0.0701. The van der Waals surface area contributed by atoms with Crippen molar-refractivity contribution in [3.63, 3.8) is 0 Å². The van der Waals surface area contributed by atoms with E-state index >= 15 is 0 Å². The van der Waals surface area contributed by atoms with Gasteiger partial charge in [0.25, 0.3) is 0 Å². The van der Waals surface area contributed by atoms with Crippen molar-refractivity contribution in [2.45, 2.75) is 64.1 Å². The third kappa shape index (κ3) is 4.89. The molecule has 202 valence electrons. The number of nitrogens with zero attached hydrogens (tertiary/aromatic N) is 1. The summed E-state index contributed by atoms with van der Waals surface area (Å²) in [7, 11) is 0. The van der Waals surface area contributed by atoms with Crippen LogP contribution in [0.2, 0.25) is 0 Å². The van der Waals surface area contributed by atoms with Gasteiger partial charge in [-0.15, -0.1) is 11.3 Å². The second-order valence-corrected chi connectivity index (χ2v) is 11.5. The molecule has 3 heterocycles. The smallest absolute Gasteiger partial charge is 0.407 e. The molecule has 0 bridgehead atoms. The number of amides is 1. The van der Waals surface area contributed by atoms with Gasteiger partial charge in [-0.05, 0) is 54.5 Å². The Balaban J connectivity index is 1.43. The summed E-state index contributed by atoms with van der Waals surface area (Å²) in [6.07, 6.45) is 5.23. The van der Waals surface area contributed by atoms with Crippen molar-refractivity contribution in [2.24, 2.45) is 0 Å². The Morgan fingerprint density at radius 1 is 1.08 bits per heavy atom. The van der Waals surface area contributed by atoms with Crippen LogP contribution in [0.25, 0.3) is 21.5 Å². The van der Waals surface area contributed by atoms with Crippen molar-refractivity contribution >= 4 is 33.6 Å². The van der Waals surface area contributed by atoms with Crippen LogP contribution in [0.4, 0.5) is 4.79 Å². The fourth-order valence-corrected chi connectivity index (χ4v) is 7.37.